The Kier molecular flexibility index (Phi) is 5.41. The lowest BCUT2D eigenvalue weighted by Crippen LogP contribution is -2.28. The van der Waals surface area contributed by atoms with Crippen LogP contribution in [0.3, 0.4) is 0 Å². The Labute approximate surface area is 155 Å². The second-order valence-corrected chi connectivity index (χ2v) is 6.83. The molecule has 0 saturated carbocycles. The number of benzene rings is 1. The largest absolute Gasteiger partial charge is 0.469 e. The quantitative estimate of drug-likeness (QED) is 0.620. The van der Waals surface area contributed by atoms with E-state index in [4.69, 9.17) is 4.42 Å². The Morgan fingerprint density at radius 2 is 2.08 bits per heavy atom. The summed E-state index contributed by atoms with van der Waals surface area (Å²) in [5.74, 6) is 1.22. The van der Waals surface area contributed by atoms with Gasteiger partial charge < -0.3 is 13.9 Å². The molecule has 1 aromatic carbocycles. The van der Waals surface area contributed by atoms with Gasteiger partial charge in [0.15, 0.2) is 11.0 Å². The maximum atomic E-state index is 13.7. The number of hydrogen-bond acceptors (Lipinski definition) is 5. The molecule has 136 valence electrons. The number of furan rings is 1. The molecule has 0 aliphatic heterocycles. The van der Waals surface area contributed by atoms with E-state index < -0.39 is 0 Å². The van der Waals surface area contributed by atoms with E-state index in [9.17, 15) is 9.18 Å². The van der Waals surface area contributed by atoms with Crippen molar-refractivity contribution in [2.45, 2.75) is 18.6 Å². The van der Waals surface area contributed by atoms with Crippen LogP contribution in [0.1, 0.15) is 11.3 Å². The summed E-state index contributed by atoms with van der Waals surface area (Å²) in [7, 11) is 3.50. The molecular weight excluding hydrogens is 355 g/mol. The Morgan fingerprint density at radius 1 is 1.31 bits per heavy atom. The summed E-state index contributed by atoms with van der Waals surface area (Å²) >= 11 is 1.30. The van der Waals surface area contributed by atoms with Gasteiger partial charge in [-0.25, -0.2) is 4.39 Å². The summed E-state index contributed by atoms with van der Waals surface area (Å²) < 4.78 is 20.8. The van der Waals surface area contributed by atoms with Gasteiger partial charge in [0, 0.05) is 26.2 Å². The van der Waals surface area contributed by atoms with E-state index in [1.165, 1.54) is 22.7 Å². The van der Waals surface area contributed by atoms with E-state index in [-0.39, 0.29) is 24.0 Å². The van der Waals surface area contributed by atoms with E-state index in [2.05, 4.69) is 10.2 Å². The summed E-state index contributed by atoms with van der Waals surface area (Å²) in [4.78, 5) is 13.8. The zero-order valence-electron chi connectivity index (χ0n) is 14.8. The molecule has 26 heavy (non-hydrogen) atoms. The van der Waals surface area contributed by atoms with Gasteiger partial charge in [-0.2, -0.15) is 0 Å². The van der Waals surface area contributed by atoms with Crippen molar-refractivity contribution in [3.8, 4) is 11.4 Å². The summed E-state index contributed by atoms with van der Waals surface area (Å²) in [5.41, 5.74) is 1.36. The molecule has 0 radical (unpaired) electrons. The second kappa shape index (κ2) is 7.74. The fourth-order valence-corrected chi connectivity index (χ4v) is 3.35. The van der Waals surface area contributed by atoms with Crippen LogP contribution < -0.4 is 0 Å². The van der Waals surface area contributed by atoms with Crippen LogP contribution in [0.4, 0.5) is 4.39 Å². The fraction of sp³-hybridized carbons (Fsp3) is 0.278. The molecule has 0 fully saturated rings. The third kappa shape index (κ3) is 3.80. The van der Waals surface area contributed by atoms with Crippen molar-refractivity contribution in [1.29, 1.82) is 0 Å². The topological polar surface area (TPSA) is 64.2 Å². The highest BCUT2D eigenvalue weighted by Gasteiger charge is 2.17. The van der Waals surface area contributed by atoms with Crippen LogP contribution in [0.2, 0.25) is 0 Å². The van der Waals surface area contributed by atoms with Crippen LogP contribution in [0.25, 0.3) is 11.4 Å². The number of aromatic nitrogens is 3. The molecule has 3 rings (SSSR count). The molecule has 0 saturated heterocycles. The first-order valence-electron chi connectivity index (χ1n) is 8.01. The predicted molar refractivity (Wildman–Crippen MR) is 97.0 cm³/mol. The number of carbonyl (C=O) groups excluding carboxylic acids is 1. The van der Waals surface area contributed by atoms with Crippen molar-refractivity contribution in [3.05, 3.63) is 53.7 Å². The van der Waals surface area contributed by atoms with Crippen LogP contribution in [-0.2, 0) is 18.4 Å². The van der Waals surface area contributed by atoms with E-state index in [0.717, 1.165) is 11.3 Å². The molecule has 0 bridgehead atoms. The maximum absolute atomic E-state index is 13.7. The lowest BCUT2D eigenvalue weighted by molar-refractivity contribution is -0.127. The predicted octanol–water partition coefficient (Wildman–Crippen LogP) is 3.27. The first-order valence-corrected chi connectivity index (χ1v) is 9.00. The van der Waals surface area contributed by atoms with Gasteiger partial charge in [0.1, 0.15) is 11.6 Å². The average molecular weight is 374 g/mol. The number of halogens is 1. The zero-order valence-corrected chi connectivity index (χ0v) is 15.6. The second-order valence-electron chi connectivity index (χ2n) is 5.89. The summed E-state index contributed by atoms with van der Waals surface area (Å²) in [6, 6.07) is 8.28. The van der Waals surface area contributed by atoms with Crippen molar-refractivity contribution in [3.63, 3.8) is 0 Å². The van der Waals surface area contributed by atoms with Gasteiger partial charge in [0.2, 0.25) is 5.91 Å². The molecule has 0 spiro atoms. The van der Waals surface area contributed by atoms with Gasteiger partial charge in [-0.3, -0.25) is 4.79 Å². The summed E-state index contributed by atoms with van der Waals surface area (Å²) in [6.07, 6.45) is 1.60. The van der Waals surface area contributed by atoms with E-state index in [0.29, 0.717) is 16.5 Å². The summed E-state index contributed by atoms with van der Waals surface area (Å²) in [6.45, 7) is 2.09. The smallest absolute Gasteiger partial charge is 0.233 e. The molecule has 0 N–H and O–H groups in total. The number of nitrogens with zero attached hydrogens (tertiary/aromatic N) is 4. The molecule has 2 aromatic heterocycles. The lowest BCUT2D eigenvalue weighted by atomic mass is 10.2. The number of carbonyl (C=O) groups is 1. The molecule has 0 atom stereocenters. The first-order chi connectivity index (χ1) is 12.5. The number of amides is 1. The van der Waals surface area contributed by atoms with Crippen molar-refractivity contribution >= 4 is 17.7 Å². The molecule has 1 amide bonds. The Balaban J connectivity index is 1.62. The minimum absolute atomic E-state index is 0.109. The van der Waals surface area contributed by atoms with Gasteiger partial charge in [-0.05, 0) is 19.1 Å². The Morgan fingerprint density at radius 3 is 2.77 bits per heavy atom. The van der Waals surface area contributed by atoms with Crippen molar-refractivity contribution in [1.82, 2.24) is 19.7 Å². The van der Waals surface area contributed by atoms with E-state index >= 15 is 0 Å². The Bertz CT molecular complexity index is 922. The average Bonchev–Trinajstić information content (AvgIpc) is 3.20. The SMILES string of the molecule is Cc1occc1-c1nnc(SCC(=O)N(C)Cc2ccccc2F)n1C. The Hall–Kier alpha value is -2.61. The van der Waals surface area contributed by atoms with Crippen LogP contribution >= 0.6 is 11.8 Å². The molecule has 0 aliphatic rings. The number of hydrogen-bond donors (Lipinski definition) is 0. The molecule has 0 unspecified atom stereocenters. The fourth-order valence-electron chi connectivity index (χ4n) is 2.50. The maximum Gasteiger partial charge on any atom is 0.233 e. The molecule has 6 nitrogen and oxygen atoms in total. The molecule has 3 aromatic rings. The van der Waals surface area contributed by atoms with E-state index in [1.807, 2.05) is 24.6 Å². The van der Waals surface area contributed by atoms with Crippen molar-refractivity contribution < 1.29 is 13.6 Å². The van der Waals surface area contributed by atoms with Crippen LogP contribution in [0, 0.1) is 12.7 Å². The number of rotatable bonds is 6. The highest BCUT2D eigenvalue weighted by Crippen LogP contribution is 2.26. The van der Waals surface area contributed by atoms with Crippen LogP contribution in [0.5, 0.6) is 0 Å². The normalized spacial score (nSPS) is 10.9. The van der Waals surface area contributed by atoms with Gasteiger partial charge >= 0.3 is 0 Å². The van der Waals surface area contributed by atoms with E-state index in [1.54, 1.807) is 31.5 Å². The van der Waals surface area contributed by atoms with Crippen molar-refractivity contribution in [2.75, 3.05) is 12.8 Å². The van der Waals surface area contributed by atoms with Gasteiger partial charge in [0.25, 0.3) is 0 Å². The lowest BCUT2D eigenvalue weighted by Gasteiger charge is -2.17. The zero-order chi connectivity index (χ0) is 18.7. The highest BCUT2D eigenvalue weighted by atomic mass is 32.2. The third-order valence-electron chi connectivity index (χ3n) is 4.05. The molecule has 2 heterocycles. The number of aryl methyl sites for hydroxylation is 1. The standard InChI is InChI=1S/C18H19FN4O2S/c1-12-14(8-9-25-12)17-20-21-18(23(17)3)26-11-16(24)22(2)10-13-6-4-5-7-15(13)19/h4-9H,10-11H2,1-3H3. The highest BCUT2D eigenvalue weighted by molar-refractivity contribution is 7.99. The monoisotopic (exact) mass is 374 g/mol. The minimum Gasteiger partial charge on any atom is -0.469 e. The first kappa shape index (κ1) is 18.2. The van der Waals surface area contributed by atoms with Crippen LogP contribution in [-0.4, -0.2) is 38.4 Å². The molecule has 0 aliphatic carbocycles. The molecule has 8 heteroatoms. The summed E-state index contributed by atoms with van der Waals surface area (Å²) in [5, 5.41) is 8.96. The van der Waals surface area contributed by atoms with Crippen LogP contribution in [0.15, 0.2) is 46.2 Å². The van der Waals surface area contributed by atoms with Gasteiger partial charge in [-0.15, -0.1) is 10.2 Å². The third-order valence-corrected chi connectivity index (χ3v) is 5.06. The molecular formula is C18H19FN4O2S. The van der Waals surface area contributed by atoms with Gasteiger partial charge in [0.05, 0.1) is 17.6 Å². The van der Waals surface area contributed by atoms with Crippen molar-refractivity contribution in [2.24, 2.45) is 7.05 Å². The number of thioether (sulfide) groups is 1. The van der Waals surface area contributed by atoms with Gasteiger partial charge in [-0.1, -0.05) is 30.0 Å². The minimum atomic E-state index is -0.312.